The van der Waals surface area contributed by atoms with Crippen LogP contribution in [0.3, 0.4) is 0 Å². The lowest BCUT2D eigenvalue weighted by Crippen LogP contribution is -2.16. The molecule has 0 unspecified atom stereocenters. The van der Waals surface area contributed by atoms with E-state index in [0.29, 0.717) is 5.95 Å². The number of hydrogen-bond acceptors (Lipinski definition) is 4. The number of thioether (sulfide) groups is 1. The zero-order valence-electron chi connectivity index (χ0n) is 9.99. The van der Waals surface area contributed by atoms with Gasteiger partial charge in [0.1, 0.15) is 0 Å². The summed E-state index contributed by atoms with van der Waals surface area (Å²) in [7, 11) is 0. The van der Waals surface area contributed by atoms with Crippen molar-refractivity contribution in [2.24, 2.45) is 0 Å². The summed E-state index contributed by atoms with van der Waals surface area (Å²) in [6, 6.07) is 7.92. The minimum absolute atomic E-state index is 0.121. The summed E-state index contributed by atoms with van der Waals surface area (Å²) in [5.74, 6) is 2.15. The first kappa shape index (κ1) is 11.3. The van der Waals surface area contributed by atoms with E-state index < -0.39 is 0 Å². The van der Waals surface area contributed by atoms with Crippen LogP contribution >= 0.6 is 11.8 Å². The van der Waals surface area contributed by atoms with Crippen LogP contribution in [0, 0.1) is 6.92 Å². The van der Waals surface area contributed by atoms with E-state index in [4.69, 9.17) is 0 Å². The molecule has 0 spiro atoms. The van der Waals surface area contributed by atoms with Crippen molar-refractivity contribution in [2.45, 2.75) is 18.4 Å². The van der Waals surface area contributed by atoms with E-state index in [9.17, 15) is 4.79 Å². The van der Waals surface area contributed by atoms with Crippen LogP contribution in [0.4, 0.5) is 11.6 Å². The fourth-order valence-electron chi connectivity index (χ4n) is 1.97. The molecule has 0 atom stereocenters. The van der Waals surface area contributed by atoms with Gasteiger partial charge >= 0.3 is 0 Å². The first-order chi connectivity index (χ1) is 8.74. The Balaban J connectivity index is 1.97. The van der Waals surface area contributed by atoms with E-state index in [1.807, 2.05) is 31.2 Å². The summed E-state index contributed by atoms with van der Waals surface area (Å²) in [6.45, 7) is 2.02. The number of aromatic nitrogens is 2. The first-order valence-electron chi connectivity index (χ1n) is 5.76. The molecule has 0 fully saturated rings. The second-order valence-corrected chi connectivity index (χ2v) is 5.27. The number of nitrogens with zero attached hydrogens (tertiary/aromatic N) is 1. The molecular formula is C13H13N3OS. The fourth-order valence-corrected chi connectivity index (χ4v) is 3.03. The molecule has 1 aliphatic heterocycles. The second kappa shape index (κ2) is 4.49. The third-order valence-corrected chi connectivity index (χ3v) is 3.98. The van der Waals surface area contributed by atoms with Crippen molar-refractivity contribution in [3.63, 3.8) is 0 Å². The molecule has 0 bridgehead atoms. The lowest BCUT2D eigenvalue weighted by Gasteiger charge is -2.09. The first-order valence-corrected chi connectivity index (χ1v) is 6.92. The molecule has 0 saturated heterocycles. The Morgan fingerprint density at radius 1 is 1.33 bits per heavy atom. The van der Waals surface area contributed by atoms with Gasteiger partial charge in [0, 0.05) is 28.5 Å². The third kappa shape index (κ3) is 2.01. The smallest absolute Gasteiger partial charge is 0.278 e. The molecule has 0 radical (unpaired) electrons. The van der Waals surface area contributed by atoms with Crippen molar-refractivity contribution in [1.82, 2.24) is 9.97 Å². The number of rotatable bonds is 2. The second-order valence-electron chi connectivity index (χ2n) is 4.28. The minimum atomic E-state index is -0.121. The predicted molar refractivity (Wildman–Crippen MR) is 74.3 cm³/mol. The zero-order chi connectivity index (χ0) is 12.5. The molecular weight excluding hydrogens is 246 g/mol. The molecule has 1 aromatic carbocycles. The van der Waals surface area contributed by atoms with Crippen molar-refractivity contribution < 1.29 is 0 Å². The number of para-hydroxylation sites is 1. The number of aryl methyl sites for hydroxylation is 1. The minimum Gasteiger partial charge on any atom is -0.328 e. The highest BCUT2D eigenvalue weighted by molar-refractivity contribution is 7.98. The molecule has 4 nitrogen and oxygen atoms in total. The lowest BCUT2D eigenvalue weighted by molar-refractivity contribution is 1.03. The highest BCUT2D eigenvalue weighted by Gasteiger charge is 2.17. The zero-order valence-corrected chi connectivity index (χ0v) is 10.8. The van der Waals surface area contributed by atoms with Gasteiger partial charge in [-0.3, -0.25) is 4.79 Å². The maximum Gasteiger partial charge on any atom is 0.278 e. The Labute approximate surface area is 109 Å². The number of anilines is 2. The van der Waals surface area contributed by atoms with Crippen LogP contribution in [0.5, 0.6) is 0 Å². The Kier molecular flexibility index (Phi) is 2.83. The number of H-pyrrole nitrogens is 1. The number of nitrogens with one attached hydrogen (secondary N) is 2. The highest BCUT2D eigenvalue weighted by Crippen LogP contribution is 2.26. The van der Waals surface area contributed by atoms with E-state index in [1.165, 1.54) is 0 Å². The van der Waals surface area contributed by atoms with Gasteiger partial charge in [-0.25, -0.2) is 0 Å². The number of hydrogen-bond donors (Lipinski definition) is 2. The molecule has 1 aliphatic rings. The van der Waals surface area contributed by atoms with Gasteiger partial charge < -0.3 is 10.3 Å². The average molecular weight is 259 g/mol. The van der Waals surface area contributed by atoms with Crippen molar-refractivity contribution >= 4 is 23.4 Å². The van der Waals surface area contributed by atoms with Crippen LogP contribution in [0.25, 0.3) is 0 Å². The van der Waals surface area contributed by atoms with Gasteiger partial charge in [-0.05, 0) is 18.6 Å². The third-order valence-electron chi connectivity index (χ3n) is 3.00. The van der Waals surface area contributed by atoms with E-state index in [-0.39, 0.29) is 5.56 Å². The summed E-state index contributed by atoms with van der Waals surface area (Å²) in [5.41, 5.74) is 3.78. The summed E-state index contributed by atoms with van der Waals surface area (Å²) in [5, 5.41) is 3.17. The number of benzene rings is 1. The lowest BCUT2D eigenvalue weighted by atomic mass is 10.2. The molecule has 3 rings (SSSR count). The molecule has 1 aromatic heterocycles. The number of fused-ring (bicyclic) bond motifs is 1. The van der Waals surface area contributed by atoms with Crippen molar-refractivity contribution in [1.29, 1.82) is 0 Å². The Hall–Kier alpha value is -1.75. The van der Waals surface area contributed by atoms with Crippen molar-refractivity contribution in [3.05, 3.63) is 51.4 Å². The monoisotopic (exact) mass is 259 g/mol. The topological polar surface area (TPSA) is 57.8 Å². The summed E-state index contributed by atoms with van der Waals surface area (Å²) in [4.78, 5) is 19.1. The molecule has 2 heterocycles. The molecule has 92 valence electrons. The van der Waals surface area contributed by atoms with Gasteiger partial charge in [0.25, 0.3) is 5.56 Å². The van der Waals surface area contributed by atoms with Crippen LogP contribution in [-0.4, -0.2) is 9.97 Å². The van der Waals surface area contributed by atoms with E-state index in [1.54, 1.807) is 11.8 Å². The molecule has 18 heavy (non-hydrogen) atoms. The van der Waals surface area contributed by atoms with Crippen molar-refractivity contribution in [2.75, 3.05) is 5.32 Å². The largest absolute Gasteiger partial charge is 0.328 e. The van der Waals surface area contributed by atoms with E-state index >= 15 is 0 Å². The molecule has 0 aliphatic carbocycles. The maximum atomic E-state index is 11.8. The van der Waals surface area contributed by atoms with Gasteiger partial charge in [0.15, 0.2) is 0 Å². The Morgan fingerprint density at radius 3 is 3.00 bits per heavy atom. The molecule has 0 amide bonds. The standard InChI is InChI=1S/C13H13N3OS/c1-8-4-2-3-5-10(8)14-13-15-11-7-18-6-9(11)12(17)16-13/h2-5H,6-7H2,1H3,(H2,14,15,16,17). The predicted octanol–water partition coefficient (Wildman–Crippen LogP) is 2.57. The van der Waals surface area contributed by atoms with Crippen molar-refractivity contribution in [3.8, 4) is 0 Å². The van der Waals surface area contributed by atoms with Gasteiger partial charge in [-0.1, -0.05) is 18.2 Å². The van der Waals surface area contributed by atoms with Gasteiger partial charge in [-0.2, -0.15) is 16.7 Å². The SMILES string of the molecule is Cc1ccccc1Nc1nc(=O)c2c([nH]1)CSC2. The van der Waals surface area contributed by atoms with Crippen LogP contribution in [-0.2, 0) is 11.5 Å². The maximum absolute atomic E-state index is 11.8. The summed E-state index contributed by atoms with van der Waals surface area (Å²) >= 11 is 1.74. The van der Waals surface area contributed by atoms with Gasteiger partial charge in [-0.15, -0.1) is 0 Å². The quantitative estimate of drug-likeness (QED) is 0.870. The summed E-state index contributed by atoms with van der Waals surface area (Å²) < 4.78 is 0. The molecule has 0 saturated carbocycles. The number of aromatic amines is 1. The average Bonchev–Trinajstić information content (AvgIpc) is 2.81. The molecule has 5 heteroatoms. The van der Waals surface area contributed by atoms with E-state index in [0.717, 1.165) is 34.0 Å². The van der Waals surface area contributed by atoms with Crippen LogP contribution < -0.4 is 10.9 Å². The summed E-state index contributed by atoms with van der Waals surface area (Å²) in [6.07, 6.45) is 0. The Morgan fingerprint density at radius 2 is 2.17 bits per heavy atom. The van der Waals surface area contributed by atoms with Crippen LogP contribution in [0.2, 0.25) is 0 Å². The molecule has 2 aromatic rings. The van der Waals surface area contributed by atoms with E-state index in [2.05, 4.69) is 15.3 Å². The molecule has 2 N–H and O–H groups in total. The van der Waals surface area contributed by atoms with Gasteiger partial charge in [0.05, 0.1) is 0 Å². The normalized spacial score (nSPS) is 13.4. The van der Waals surface area contributed by atoms with Gasteiger partial charge in [0.2, 0.25) is 5.95 Å². The van der Waals surface area contributed by atoms with Crippen LogP contribution in [0.15, 0.2) is 29.1 Å². The highest BCUT2D eigenvalue weighted by atomic mass is 32.2. The fraction of sp³-hybridized carbons (Fsp3) is 0.231. The van der Waals surface area contributed by atoms with Crippen LogP contribution in [0.1, 0.15) is 16.8 Å². The Bertz CT molecular complexity index is 651.